The Labute approximate surface area is 182 Å². The van der Waals surface area contributed by atoms with Crippen molar-refractivity contribution in [3.8, 4) is 0 Å². The molecule has 0 aliphatic heterocycles. The van der Waals surface area contributed by atoms with Crippen LogP contribution in [0.25, 0.3) is 0 Å². The summed E-state index contributed by atoms with van der Waals surface area (Å²) in [6.07, 6.45) is 11.6. The molecule has 10 heteroatoms. The van der Waals surface area contributed by atoms with Gasteiger partial charge in [-0.1, -0.05) is 44.9 Å². The minimum absolute atomic E-state index is 0.0632. The molecule has 8 nitrogen and oxygen atoms in total. The van der Waals surface area contributed by atoms with Crippen LogP contribution >= 0.6 is 12.6 Å². The fraction of sp³-hybridized carbons (Fsp3) is 1.00. The molecule has 0 aliphatic rings. The van der Waals surface area contributed by atoms with Crippen LogP contribution in [-0.4, -0.2) is 78.2 Å². The second kappa shape index (κ2) is 22.7. The van der Waals surface area contributed by atoms with E-state index >= 15 is 0 Å². The number of hydrogen-bond donors (Lipinski definition) is 2. The third kappa shape index (κ3) is 28.1. The zero-order valence-corrected chi connectivity index (χ0v) is 19.3. The normalized spacial score (nSPS) is 11.9. The van der Waals surface area contributed by atoms with Gasteiger partial charge in [0.1, 0.15) is 0 Å². The standard InChI is InChI=1S/C19H40O8S2/c20-29(21,22)27-18-17-26-16-15-25-14-13-24-12-11-23-10-8-6-4-2-1-3-5-7-9-19-28/h28H,1-19H2,(H,20,21,22). The maximum atomic E-state index is 10.3. The first-order valence-corrected chi connectivity index (χ1v) is 12.6. The molecule has 0 aliphatic carbocycles. The van der Waals surface area contributed by atoms with Gasteiger partial charge in [-0.2, -0.15) is 21.0 Å². The fourth-order valence-electron chi connectivity index (χ4n) is 2.51. The monoisotopic (exact) mass is 460 g/mol. The van der Waals surface area contributed by atoms with E-state index < -0.39 is 10.4 Å². The van der Waals surface area contributed by atoms with Crippen molar-refractivity contribution in [3.05, 3.63) is 0 Å². The predicted octanol–water partition coefficient (Wildman–Crippen LogP) is 3.31. The van der Waals surface area contributed by atoms with Crippen LogP contribution in [0.3, 0.4) is 0 Å². The van der Waals surface area contributed by atoms with Crippen LogP contribution < -0.4 is 0 Å². The van der Waals surface area contributed by atoms with E-state index in [4.69, 9.17) is 23.5 Å². The molecule has 0 unspecified atom stereocenters. The summed E-state index contributed by atoms with van der Waals surface area (Å²) in [4.78, 5) is 0. The number of ether oxygens (including phenoxy) is 4. The molecule has 1 N–H and O–H groups in total. The van der Waals surface area contributed by atoms with Crippen LogP contribution in [-0.2, 0) is 33.5 Å². The predicted molar refractivity (Wildman–Crippen MR) is 116 cm³/mol. The van der Waals surface area contributed by atoms with Gasteiger partial charge in [-0.15, -0.1) is 0 Å². The Kier molecular flexibility index (Phi) is 22.8. The molecule has 0 bridgehead atoms. The SMILES string of the molecule is O=S(=O)(O)OCCOCCOCCOCCOCCCCCCCCCCCS. The minimum Gasteiger partial charge on any atom is -0.379 e. The molecule has 0 aromatic carbocycles. The van der Waals surface area contributed by atoms with Crippen molar-refractivity contribution >= 4 is 23.0 Å². The van der Waals surface area contributed by atoms with Gasteiger partial charge >= 0.3 is 10.4 Å². The van der Waals surface area contributed by atoms with Crippen molar-refractivity contribution in [2.75, 3.05) is 65.2 Å². The third-order valence-electron chi connectivity index (χ3n) is 4.02. The third-order valence-corrected chi connectivity index (χ3v) is 4.80. The molecular formula is C19H40O8S2. The van der Waals surface area contributed by atoms with E-state index in [1.54, 1.807) is 0 Å². The first-order valence-electron chi connectivity index (χ1n) is 10.6. The Morgan fingerprint density at radius 2 is 0.862 bits per heavy atom. The molecule has 0 saturated heterocycles. The van der Waals surface area contributed by atoms with Gasteiger partial charge in [0.2, 0.25) is 0 Å². The van der Waals surface area contributed by atoms with Crippen molar-refractivity contribution in [2.45, 2.75) is 57.8 Å². The smallest absolute Gasteiger partial charge is 0.379 e. The summed E-state index contributed by atoms with van der Waals surface area (Å²) in [5, 5.41) is 0. The van der Waals surface area contributed by atoms with Crippen molar-refractivity contribution in [2.24, 2.45) is 0 Å². The summed E-state index contributed by atoms with van der Waals surface area (Å²) < 4.78 is 54.3. The molecule has 0 saturated carbocycles. The maximum absolute atomic E-state index is 10.3. The lowest BCUT2D eigenvalue weighted by Crippen LogP contribution is -2.14. The zero-order chi connectivity index (χ0) is 21.5. The van der Waals surface area contributed by atoms with Gasteiger partial charge in [0.25, 0.3) is 0 Å². The van der Waals surface area contributed by atoms with E-state index in [2.05, 4.69) is 16.8 Å². The van der Waals surface area contributed by atoms with Crippen molar-refractivity contribution in [1.82, 2.24) is 0 Å². The molecule has 0 heterocycles. The summed E-state index contributed by atoms with van der Waals surface area (Å²) in [6, 6.07) is 0. The van der Waals surface area contributed by atoms with E-state index in [1.807, 2.05) is 0 Å². The van der Waals surface area contributed by atoms with E-state index in [1.165, 1.54) is 51.4 Å². The Bertz CT molecular complexity index is 420. The van der Waals surface area contributed by atoms with Crippen LogP contribution in [0.2, 0.25) is 0 Å². The van der Waals surface area contributed by atoms with Crippen LogP contribution in [0.15, 0.2) is 0 Å². The summed E-state index contributed by atoms with van der Waals surface area (Å²) >= 11 is 4.22. The lowest BCUT2D eigenvalue weighted by Gasteiger charge is -2.07. The average Bonchev–Trinajstić information content (AvgIpc) is 2.67. The van der Waals surface area contributed by atoms with Crippen molar-refractivity contribution in [1.29, 1.82) is 0 Å². The molecule has 0 rings (SSSR count). The number of unbranched alkanes of at least 4 members (excludes halogenated alkanes) is 8. The van der Waals surface area contributed by atoms with Crippen LogP contribution in [0.5, 0.6) is 0 Å². The second-order valence-electron chi connectivity index (χ2n) is 6.60. The second-order valence-corrected chi connectivity index (χ2v) is 8.14. The highest BCUT2D eigenvalue weighted by molar-refractivity contribution is 7.80. The molecule has 0 aromatic rings. The Morgan fingerprint density at radius 3 is 1.28 bits per heavy atom. The van der Waals surface area contributed by atoms with E-state index in [-0.39, 0.29) is 13.2 Å². The van der Waals surface area contributed by atoms with Gasteiger partial charge in [0.05, 0.1) is 52.9 Å². The van der Waals surface area contributed by atoms with E-state index in [9.17, 15) is 8.42 Å². The minimum atomic E-state index is -4.39. The summed E-state index contributed by atoms with van der Waals surface area (Å²) in [5.41, 5.74) is 0. The highest BCUT2D eigenvalue weighted by atomic mass is 32.3. The van der Waals surface area contributed by atoms with Crippen LogP contribution in [0.1, 0.15) is 57.8 Å². The molecule has 0 spiro atoms. The lowest BCUT2D eigenvalue weighted by molar-refractivity contribution is -0.00498. The highest BCUT2D eigenvalue weighted by Crippen LogP contribution is 2.09. The van der Waals surface area contributed by atoms with Gasteiger partial charge in [0, 0.05) is 6.61 Å². The summed E-state index contributed by atoms with van der Waals surface area (Å²) in [7, 11) is -4.39. The van der Waals surface area contributed by atoms with Crippen LogP contribution in [0.4, 0.5) is 0 Å². The number of thiol groups is 1. The largest absolute Gasteiger partial charge is 0.397 e. The van der Waals surface area contributed by atoms with Gasteiger partial charge in [0.15, 0.2) is 0 Å². The first kappa shape index (κ1) is 29.1. The average molecular weight is 461 g/mol. The highest BCUT2D eigenvalue weighted by Gasteiger charge is 2.02. The number of hydrogen-bond acceptors (Lipinski definition) is 8. The Balaban J connectivity index is 3.03. The van der Waals surface area contributed by atoms with E-state index in [0.29, 0.717) is 39.6 Å². The van der Waals surface area contributed by atoms with Gasteiger partial charge in [-0.25, -0.2) is 4.18 Å². The molecule has 176 valence electrons. The number of rotatable bonds is 24. The van der Waals surface area contributed by atoms with Gasteiger partial charge < -0.3 is 18.9 Å². The van der Waals surface area contributed by atoms with Crippen molar-refractivity contribution < 1.29 is 36.1 Å². The Hall–Kier alpha value is 0.0600. The summed E-state index contributed by atoms with van der Waals surface area (Å²) in [5.74, 6) is 1.01. The van der Waals surface area contributed by atoms with E-state index in [0.717, 1.165) is 18.8 Å². The fourth-order valence-corrected chi connectivity index (χ4v) is 3.02. The molecule has 0 atom stereocenters. The lowest BCUT2D eigenvalue weighted by atomic mass is 10.1. The maximum Gasteiger partial charge on any atom is 0.397 e. The molecule has 0 aromatic heterocycles. The molecule has 0 radical (unpaired) electrons. The molecule has 0 fully saturated rings. The van der Waals surface area contributed by atoms with Gasteiger partial charge in [-0.3, -0.25) is 4.55 Å². The quantitative estimate of drug-likeness (QED) is 0.129. The molecule has 0 amide bonds. The summed E-state index contributed by atoms with van der Waals surface area (Å²) in [6.45, 7) is 3.42. The topological polar surface area (TPSA) is 101 Å². The zero-order valence-electron chi connectivity index (χ0n) is 17.6. The molecular weight excluding hydrogens is 420 g/mol. The van der Waals surface area contributed by atoms with Gasteiger partial charge in [-0.05, 0) is 18.6 Å². The van der Waals surface area contributed by atoms with Crippen molar-refractivity contribution in [3.63, 3.8) is 0 Å². The molecule has 29 heavy (non-hydrogen) atoms. The first-order chi connectivity index (χ1) is 14.1. The Morgan fingerprint density at radius 1 is 0.517 bits per heavy atom. The van der Waals surface area contributed by atoms with Crippen LogP contribution in [0, 0.1) is 0 Å².